The number of methoxy groups -OCH3 is 1. The van der Waals surface area contributed by atoms with Gasteiger partial charge >= 0.3 is 5.97 Å². The van der Waals surface area contributed by atoms with E-state index in [2.05, 4.69) is 4.74 Å². The lowest BCUT2D eigenvalue weighted by Gasteiger charge is -2.09. The third-order valence-corrected chi connectivity index (χ3v) is 4.43. The van der Waals surface area contributed by atoms with Gasteiger partial charge in [-0.05, 0) is 47.7 Å². The molecule has 132 valence electrons. The maximum atomic E-state index is 12.3. The van der Waals surface area contributed by atoms with Gasteiger partial charge in [-0.3, -0.25) is 19.3 Å². The molecule has 0 spiro atoms. The van der Waals surface area contributed by atoms with E-state index in [9.17, 15) is 14.4 Å². The molecule has 0 atom stereocenters. The number of imide groups is 1. The van der Waals surface area contributed by atoms with E-state index in [0.717, 1.165) is 16.7 Å². The van der Waals surface area contributed by atoms with E-state index in [1.165, 1.54) is 7.11 Å². The first kappa shape index (κ1) is 17.8. The molecule has 0 radical (unpaired) electrons. The number of hydrogen-bond donors (Lipinski definition) is 0. The Morgan fingerprint density at radius 1 is 1.08 bits per heavy atom. The Morgan fingerprint density at radius 2 is 1.81 bits per heavy atom. The van der Waals surface area contributed by atoms with E-state index in [4.69, 9.17) is 4.74 Å². The Kier molecular flexibility index (Phi) is 5.38. The van der Waals surface area contributed by atoms with Crippen LogP contribution in [0.25, 0.3) is 6.08 Å². The summed E-state index contributed by atoms with van der Waals surface area (Å²) in [5.74, 6) is 0.147. The number of thioether (sulfide) groups is 1. The van der Waals surface area contributed by atoms with Crippen LogP contribution in [-0.4, -0.2) is 35.7 Å². The van der Waals surface area contributed by atoms with Crippen molar-refractivity contribution in [2.24, 2.45) is 0 Å². The zero-order valence-corrected chi connectivity index (χ0v) is 14.7. The van der Waals surface area contributed by atoms with Gasteiger partial charge in [0.1, 0.15) is 18.0 Å². The molecule has 2 amide bonds. The first-order valence-electron chi connectivity index (χ1n) is 7.72. The summed E-state index contributed by atoms with van der Waals surface area (Å²) in [4.78, 5) is 36.7. The zero-order valence-electron chi connectivity index (χ0n) is 13.9. The standard InChI is InChI=1S/C19H15NO5S/c1-24-17(21)12-20-18(22)16(26-19(20)23)11-13-6-5-9-15(10-13)25-14-7-3-2-4-8-14/h2-11H,12H2,1H3/b16-11-. The van der Waals surface area contributed by atoms with E-state index in [1.54, 1.807) is 30.3 Å². The van der Waals surface area contributed by atoms with Crippen LogP contribution in [0, 0.1) is 0 Å². The average molecular weight is 369 g/mol. The highest BCUT2D eigenvalue weighted by Gasteiger charge is 2.36. The fourth-order valence-electron chi connectivity index (χ4n) is 2.27. The van der Waals surface area contributed by atoms with Crippen LogP contribution in [-0.2, 0) is 14.3 Å². The lowest BCUT2D eigenvalue weighted by atomic mass is 10.2. The van der Waals surface area contributed by atoms with Crippen molar-refractivity contribution < 1.29 is 23.9 Å². The van der Waals surface area contributed by atoms with Crippen LogP contribution in [0.2, 0.25) is 0 Å². The van der Waals surface area contributed by atoms with E-state index in [1.807, 2.05) is 30.3 Å². The largest absolute Gasteiger partial charge is 0.468 e. The second-order valence-electron chi connectivity index (χ2n) is 5.33. The topological polar surface area (TPSA) is 72.9 Å². The van der Waals surface area contributed by atoms with Gasteiger partial charge in [-0.1, -0.05) is 30.3 Å². The molecule has 3 rings (SSSR count). The van der Waals surface area contributed by atoms with Crippen molar-refractivity contribution in [1.29, 1.82) is 0 Å². The van der Waals surface area contributed by atoms with Crippen molar-refractivity contribution >= 4 is 35.0 Å². The summed E-state index contributed by atoms with van der Waals surface area (Å²) in [6.07, 6.45) is 1.60. The summed E-state index contributed by atoms with van der Waals surface area (Å²) >= 11 is 0.789. The Morgan fingerprint density at radius 3 is 2.54 bits per heavy atom. The molecule has 1 heterocycles. The van der Waals surface area contributed by atoms with Crippen molar-refractivity contribution in [1.82, 2.24) is 4.90 Å². The predicted molar refractivity (Wildman–Crippen MR) is 97.7 cm³/mol. The van der Waals surface area contributed by atoms with Crippen molar-refractivity contribution in [2.45, 2.75) is 0 Å². The van der Waals surface area contributed by atoms with Gasteiger partial charge in [-0.25, -0.2) is 0 Å². The minimum absolute atomic E-state index is 0.246. The quantitative estimate of drug-likeness (QED) is 0.591. The molecule has 0 aromatic heterocycles. The zero-order chi connectivity index (χ0) is 18.5. The van der Waals surface area contributed by atoms with Crippen molar-refractivity contribution in [2.75, 3.05) is 13.7 Å². The fraction of sp³-hybridized carbons (Fsp3) is 0.105. The number of esters is 1. The Labute approximate surface area is 154 Å². The monoisotopic (exact) mass is 369 g/mol. The molecule has 0 aliphatic carbocycles. The van der Waals surface area contributed by atoms with Gasteiger partial charge in [0.2, 0.25) is 0 Å². The number of hydrogen-bond acceptors (Lipinski definition) is 6. The van der Waals surface area contributed by atoms with Crippen LogP contribution in [0.1, 0.15) is 5.56 Å². The highest BCUT2D eigenvalue weighted by atomic mass is 32.2. The van der Waals surface area contributed by atoms with E-state index in [0.29, 0.717) is 17.1 Å². The number of para-hydroxylation sites is 1. The summed E-state index contributed by atoms with van der Waals surface area (Å²) in [7, 11) is 1.20. The molecular weight excluding hydrogens is 354 g/mol. The second-order valence-corrected chi connectivity index (χ2v) is 6.32. The first-order valence-corrected chi connectivity index (χ1v) is 8.53. The molecule has 2 aromatic carbocycles. The molecule has 6 nitrogen and oxygen atoms in total. The summed E-state index contributed by atoms with van der Waals surface area (Å²) in [5.41, 5.74) is 0.710. The minimum Gasteiger partial charge on any atom is -0.468 e. The lowest BCUT2D eigenvalue weighted by molar-refractivity contribution is -0.143. The fourth-order valence-corrected chi connectivity index (χ4v) is 3.11. The second kappa shape index (κ2) is 7.88. The number of carbonyl (C=O) groups excluding carboxylic acids is 3. The van der Waals surface area contributed by atoms with E-state index >= 15 is 0 Å². The smallest absolute Gasteiger partial charge is 0.325 e. The van der Waals surface area contributed by atoms with Crippen LogP contribution in [0.15, 0.2) is 59.5 Å². The van der Waals surface area contributed by atoms with Gasteiger partial charge in [-0.15, -0.1) is 0 Å². The molecule has 0 bridgehead atoms. The Hall–Kier alpha value is -3.06. The average Bonchev–Trinajstić information content (AvgIpc) is 2.90. The minimum atomic E-state index is -0.646. The van der Waals surface area contributed by atoms with Crippen LogP contribution >= 0.6 is 11.8 Å². The lowest BCUT2D eigenvalue weighted by Crippen LogP contribution is -2.34. The predicted octanol–water partition coefficient (Wildman–Crippen LogP) is 3.69. The molecule has 0 saturated carbocycles. The Bertz CT molecular complexity index is 879. The summed E-state index contributed by atoms with van der Waals surface area (Å²) in [5, 5.41) is -0.497. The van der Waals surface area contributed by atoms with E-state index < -0.39 is 23.7 Å². The number of ether oxygens (including phenoxy) is 2. The molecule has 7 heteroatoms. The van der Waals surface area contributed by atoms with Gasteiger partial charge in [0, 0.05) is 0 Å². The third kappa shape index (κ3) is 4.12. The number of carbonyl (C=O) groups is 3. The van der Waals surface area contributed by atoms with Crippen LogP contribution in [0.5, 0.6) is 11.5 Å². The molecular formula is C19H15NO5S. The van der Waals surface area contributed by atoms with Crippen molar-refractivity contribution in [3.8, 4) is 11.5 Å². The van der Waals surface area contributed by atoms with Gasteiger partial charge in [0.15, 0.2) is 0 Å². The van der Waals surface area contributed by atoms with E-state index in [-0.39, 0.29) is 4.91 Å². The van der Waals surface area contributed by atoms with Gasteiger partial charge in [-0.2, -0.15) is 0 Å². The normalized spacial score (nSPS) is 15.4. The Balaban J connectivity index is 1.77. The number of nitrogens with zero attached hydrogens (tertiary/aromatic N) is 1. The maximum absolute atomic E-state index is 12.3. The molecule has 0 unspecified atom stereocenters. The third-order valence-electron chi connectivity index (χ3n) is 3.52. The van der Waals surface area contributed by atoms with Crippen LogP contribution in [0.3, 0.4) is 0 Å². The van der Waals surface area contributed by atoms with Gasteiger partial charge in [0.05, 0.1) is 12.0 Å². The molecule has 1 saturated heterocycles. The number of rotatable bonds is 5. The van der Waals surface area contributed by atoms with Crippen LogP contribution in [0.4, 0.5) is 4.79 Å². The molecule has 2 aromatic rings. The highest BCUT2D eigenvalue weighted by Crippen LogP contribution is 2.32. The highest BCUT2D eigenvalue weighted by molar-refractivity contribution is 8.18. The van der Waals surface area contributed by atoms with Gasteiger partial charge in [0.25, 0.3) is 11.1 Å². The number of benzene rings is 2. The number of amides is 2. The molecule has 26 heavy (non-hydrogen) atoms. The van der Waals surface area contributed by atoms with Crippen molar-refractivity contribution in [3.63, 3.8) is 0 Å². The first-order chi connectivity index (χ1) is 12.6. The SMILES string of the molecule is COC(=O)CN1C(=O)S/C(=C\c2cccc(Oc3ccccc3)c2)C1=O. The summed E-state index contributed by atoms with van der Waals surface area (Å²) < 4.78 is 10.3. The molecule has 1 aliphatic heterocycles. The van der Waals surface area contributed by atoms with Crippen molar-refractivity contribution in [3.05, 3.63) is 65.1 Å². The maximum Gasteiger partial charge on any atom is 0.325 e. The summed E-state index contributed by atoms with van der Waals surface area (Å²) in [6.45, 7) is -0.393. The summed E-state index contributed by atoms with van der Waals surface area (Å²) in [6, 6.07) is 16.5. The molecule has 1 fully saturated rings. The molecule has 1 aliphatic rings. The van der Waals surface area contributed by atoms with Crippen LogP contribution < -0.4 is 4.74 Å². The molecule has 0 N–H and O–H groups in total. The van der Waals surface area contributed by atoms with Gasteiger partial charge < -0.3 is 9.47 Å².